The van der Waals surface area contributed by atoms with Crippen LogP contribution in [-0.4, -0.2) is 15.0 Å². The lowest BCUT2D eigenvalue weighted by atomic mass is 10.2. The van der Waals surface area contributed by atoms with E-state index in [1.807, 2.05) is 60.7 Å². The molecule has 6 heteroatoms. The van der Waals surface area contributed by atoms with Crippen LogP contribution < -0.4 is 10.6 Å². The number of fused-ring (bicyclic) bond motifs is 1. The third-order valence-electron chi connectivity index (χ3n) is 3.60. The molecule has 0 aliphatic rings. The summed E-state index contributed by atoms with van der Waals surface area (Å²) >= 11 is 3.45. The fraction of sp³-hybridized carbons (Fsp3) is 0. The maximum Gasteiger partial charge on any atom is 0.229 e. The van der Waals surface area contributed by atoms with Gasteiger partial charge >= 0.3 is 0 Å². The third kappa shape index (κ3) is 3.75. The Morgan fingerprint density at radius 3 is 2.64 bits per heavy atom. The van der Waals surface area contributed by atoms with E-state index in [1.165, 1.54) is 0 Å². The Labute approximate surface area is 153 Å². The Bertz CT molecular complexity index is 1030. The average Bonchev–Trinajstić information content (AvgIpc) is 2.62. The van der Waals surface area contributed by atoms with Gasteiger partial charge in [-0.1, -0.05) is 40.2 Å². The maximum atomic E-state index is 4.50. The van der Waals surface area contributed by atoms with E-state index in [9.17, 15) is 0 Å². The summed E-state index contributed by atoms with van der Waals surface area (Å²) in [6, 6.07) is 19.7. The number of benzene rings is 2. The Morgan fingerprint density at radius 1 is 0.800 bits per heavy atom. The molecule has 0 radical (unpaired) electrons. The van der Waals surface area contributed by atoms with E-state index in [-0.39, 0.29) is 0 Å². The topological polar surface area (TPSA) is 62.7 Å². The van der Waals surface area contributed by atoms with E-state index in [2.05, 4.69) is 41.5 Å². The van der Waals surface area contributed by atoms with Gasteiger partial charge < -0.3 is 10.6 Å². The first kappa shape index (κ1) is 15.5. The van der Waals surface area contributed by atoms with E-state index in [4.69, 9.17) is 0 Å². The van der Waals surface area contributed by atoms with E-state index >= 15 is 0 Å². The molecule has 2 aromatic heterocycles. The molecule has 0 unspecified atom stereocenters. The number of para-hydroxylation sites is 1. The normalized spacial score (nSPS) is 10.6. The number of rotatable bonds is 4. The predicted molar refractivity (Wildman–Crippen MR) is 104 cm³/mol. The fourth-order valence-corrected chi connectivity index (χ4v) is 2.87. The van der Waals surface area contributed by atoms with Crippen LogP contribution in [0.2, 0.25) is 0 Å². The molecule has 0 atom stereocenters. The first-order valence-electron chi connectivity index (χ1n) is 7.74. The molecule has 0 fully saturated rings. The number of aromatic nitrogens is 3. The zero-order valence-electron chi connectivity index (χ0n) is 13.1. The van der Waals surface area contributed by atoms with Crippen molar-refractivity contribution in [1.82, 2.24) is 15.0 Å². The molecule has 5 nitrogen and oxygen atoms in total. The van der Waals surface area contributed by atoms with Crippen LogP contribution in [0.3, 0.4) is 0 Å². The van der Waals surface area contributed by atoms with Crippen LogP contribution in [0.25, 0.3) is 10.9 Å². The summed E-state index contributed by atoms with van der Waals surface area (Å²) in [5.41, 5.74) is 2.76. The summed E-state index contributed by atoms with van der Waals surface area (Å²) < 4.78 is 0.994. The highest BCUT2D eigenvalue weighted by Gasteiger charge is 2.03. The van der Waals surface area contributed by atoms with Crippen molar-refractivity contribution in [3.8, 4) is 0 Å². The molecule has 0 aliphatic carbocycles. The van der Waals surface area contributed by atoms with E-state index in [0.717, 1.165) is 26.8 Å². The third-order valence-corrected chi connectivity index (χ3v) is 4.09. The van der Waals surface area contributed by atoms with Crippen LogP contribution in [0, 0.1) is 0 Å². The van der Waals surface area contributed by atoms with Crippen LogP contribution in [-0.2, 0) is 0 Å². The highest BCUT2D eigenvalue weighted by atomic mass is 79.9. The summed E-state index contributed by atoms with van der Waals surface area (Å²) in [5, 5.41) is 7.54. The Kier molecular flexibility index (Phi) is 4.26. The lowest BCUT2D eigenvalue weighted by molar-refractivity contribution is 1.16. The Balaban J connectivity index is 1.56. The molecule has 0 amide bonds. The lowest BCUT2D eigenvalue weighted by Crippen LogP contribution is -2.00. The van der Waals surface area contributed by atoms with Gasteiger partial charge in [0.25, 0.3) is 0 Å². The molecule has 25 heavy (non-hydrogen) atoms. The second kappa shape index (κ2) is 6.86. The van der Waals surface area contributed by atoms with Gasteiger partial charge in [0.1, 0.15) is 5.82 Å². The Hall–Kier alpha value is -2.99. The highest BCUT2D eigenvalue weighted by Crippen LogP contribution is 2.21. The minimum absolute atomic E-state index is 0.525. The quantitative estimate of drug-likeness (QED) is 0.495. The molecule has 0 bridgehead atoms. The SMILES string of the molecule is Brc1cccc(Nc2nccc(Nc3cnc4ccccc4c3)n2)c1. The van der Waals surface area contributed by atoms with Crippen LogP contribution >= 0.6 is 15.9 Å². The second-order valence-electron chi connectivity index (χ2n) is 5.44. The van der Waals surface area contributed by atoms with Crippen molar-refractivity contribution in [2.75, 3.05) is 10.6 Å². The van der Waals surface area contributed by atoms with Crippen LogP contribution in [0.5, 0.6) is 0 Å². The van der Waals surface area contributed by atoms with E-state index < -0.39 is 0 Å². The number of halogens is 1. The van der Waals surface area contributed by atoms with Crippen molar-refractivity contribution in [2.45, 2.75) is 0 Å². The van der Waals surface area contributed by atoms with Gasteiger partial charge in [-0.05, 0) is 36.4 Å². The molecule has 2 aromatic carbocycles. The van der Waals surface area contributed by atoms with Gasteiger partial charge in [-0.2, -0.15) is 4.98 Å². The number of nitrogens with one attached hydrogen (secondary N) is 2. The van der Waals surface area contributed by atoms with Gasteiger partial charge in [0.05, 0.1) is 17.4 Å². The van der Waals surface area contributed by atoms with Crippen molar-refractivity contribution in [3.63, 3.8) is 0 Å². The largest absolute Gasteiger partial charge is 0.339 e. The molecule has 122 valence electrons. The zero-order valence-corrected chi connectivity index (χ0v) is 14.7. The van der Waals surface area contributed by atoms with Crippen molar-refractivity contribution in [1.29, 1.82) is 0 Å². The molecular formula is C19H14BrN5. The zero-order chi connectivity index (χ0) is 17.1. The monoisotopic (exact) mass is 391 g/mol. The number of pyridine rings is 1. The van der Waals surface area contributed by atoms with Crippen molar-refractivity contribution in [3.05, 3.63) is 77.5 Å². The number of hydrogen-bond acceptors (Lipinski definition) is 5. The summed E-state index contributed by atoms with van der Waals surface area (Å²) in [6.45, 7) is 0. The minimum Gasteiger partial charge on any atom is -0.339 e. The molecule has 0 saturated heterocycles. The number of anilines is 4. The maximum absolute atomic E-state index is 4.50. The first-order valence-corrected chi connectivity index (χ1v) is 8.53. The van der Waals surface area contributed by atoms with Crippen molar-refractivity contribution >= 4 is 50.0 Å². The van der Waals surface area contributed by atoms with Crippen LogP contribution in [0.4, 0.5) is 23.1 Å². The highest BCUT2D eigenvalue weighted by molar-refractivity contribution is 9.10. The summed E-state index contributed by atoms with van der Waals surface area (Å²) in [4.78, 5) is 13.2. The van der Waals surface area contributed by atoms with Gasteiger partial charge in [0.2, 0.25) is 5.95 Å². The molecule has 2 heterocycles. The molecule has 4 aromatic rings. The molecular weight excluding hydrogens is 378 g/mol. The molecule has 0 saturated carbocycles. The standard InChI is InChI=1S/C19H14BrN5/c20-14-5-3-6-15(11-14)24-19-21-9-8-18(25-19)23-16-10-13-4-1-2-7-17(13)22-12-16/h1-12H,(H2,21,23,24,25). The number of nitrogens with zero attached hydrogens (tertiary/aromatic N) is 3. The first-order chi connectivity index (χ1) is 12.3. The van der Waals surface area contributed by atoms with Crippen LogP contribution in [0.1, 0.15) is 0 Å². The van der Waals surface area contributed by atoms with Gasteiger partial charge in [-0.25, -0.2) is 4.98 Å². The fourth-order valence-electron chi connectivity index (χ4n) is 2.47. The van der Waals surface area contributed by atoms with Crippen molar-refractivity contribution < 1.29 is 0 Å². The summed E-state index contributed by atoms with van der Waals surface area (Å²) in [5.74, 6) is 1.22. The predicted octanol–water partition coefficient (Wildman–Crippen LogP) is 5.27. The van der Waals surface area contributed by atoms with Gasteiger partial charge in [-0.15, -0.1) is 0 Å². The Morgan fingerprint density at radius 2 is 1.72 bits per heavy atom. The second-order valence-corrected chi connectivity index (χ2v) is 6.36. The van der Waals surface area contributed by atoms with Gasteiger partial charge in [0, 0.05) is 21.7 Å². The smallest absolute Gasteiger partial charge is 0.229 e. The summed E-state index contributed by atoms with van der Waals surface area (Å²) in [6.07, 6.45) is 3.51. The lowest BCUT2D eigenvalue weighted by Gasteiger charge is -2.09. The molecule has 0 spiro atoms. The van der Waals surface area contributed by atoms with Gasteiger partial charge in [-0.3, -0.25) is 4.98 Å². The number of hydrogen-bond donors (Lipinski definition) is 2. The molecule has 2 N–H and O–H groups in total. The average molecular weight is 392 g/mol. The minimum atomic E-state index is 0.525. The van der Waals surface area contributed by atoms with Crippen LogP contribution in [0.15, 0.2) is 77.5 Å². The van der Waals surface area contributed by atoms with E-state index in [1.54, 1.807) is 12.4 Å². The van der Waals surface area contributed by atoms with Crippen molar-refractivity contribution in [2.24, 2.45) is 0 Å². The summed E-state index contributed by atoms with van der Waals surface area (Å²) in [7, 11) is 0. The molecule has 0 aliphatic heterocycles. The van der Waals surface area contributed by atoms with E-state index in [0.29, 0.717) is 11.8 Å². The van der Waals surface area contributed by atoms with Gasteiger partial charge in [0.15, 0.2) is 0 Å². The molecule has 4 rings (SSSR count).